The fourth-order valence-electron chi connectivity index (χ4n) is 2.81. The summed E-state index contributed by atoms with van der Waals surface area (Å²) in [5.74, 6) is -0.262. The van der Waals surface area contributed by atoms with Crippen molar-refractivity contribution in [1.29, 1.82) is 5.26 Å². The second-order valence-corrected chi connectivity index (χ2v) is 5.90. The van der Waals surface area contributed by atoms with Gasteiger partial charge in [0.1, 0.15) is 28.9 Å². The number of carbonyl (C=O) groups is 1. The number of rotatable bonds is 3. The van der Waals surface area contributed by atoms with Gasteiger partial charge in [0.25, 0.3) is 5.91 Å². The van der Waals surface area contributed by atoms with Gasteiger partial charge in [-0.3, -0.25) is 4.79 Å². The van der Waals surface area contributed by atoms with E-state index in [0.29, 0.717) is 30.8 Å². The number of hydrogen-bond donors (Lipinski definition) is 1. The fourth-order valence-corrected chi connectivity index (χ4v) is 2.81. The number of ether oxygens (including phenoxy) is 1. The van der Waals surface area contributed by atoms with Crippen LogP contribution in [-0.4, -0.2) is 35.1 Å². The van der Waals surface area contributed by atoms with E-state index in [1.165, 1.54) is 18.2 Å². The summed E-state index contributed by atoms with van der Waals surface area (Å²) < 4.78 is 19.1. The standard InChI is InChI=1S/C19H17FN2O3/c20-17-4-1-5-18(16(17)11-21)25-15-8-6-13(7-9-15)19(24)22-10-2-3-14(23)12-22/h1,4-9,14,23H,2-3,10,12H2/t14-/m1/s1. The number of aliphatic hydroxyl groups is 1. The van der Waals surface area contributed by atoms with Crippen molar-refractivity contribution >= 4 is 5.91 Å². The first kappa shape index (κ1) is 16.9. The molecular weight excluding hydrogens is 323 g/mol. The van der Waals surface area contributed by atoms with E-state index in [0.717, 1.165) is 6.42 Å². The number of aliphatic hydroxyl groups excluding tert-OH is 1. The Kier molecular flexibility index (Phi) is 4.96. The Balaban J connectivity index is 1.74. The van der Waals surface area contributed by atoms with Crippen molar-refractivity contribution in [3.8, 4) is 17.6 Å². The summed E-state index contributed by atoms with van der Waals surface area (Å²) in [7, 11) is 0. The third-order valence-electron chi connectivity index (χ3n) is 4.10. The molecule has 2 aromatic rings. The van der Waals surface area contributed by atoms with Gasteiger partial charge in [-0.05, 0) is 49.2 Å². The zero-order valence-electron chi connectivity index (χ0n) is 13.5. The smallest absolute Gasteiger partial charge is 0.253 e. The van der Waals surface area contributed by atoms with Crippen molar-refractivity contribution in [3.63, 3.8) is 0 Å². The van der Waals surface area contributed by atoms with Gasteiger partial charge in [0, 0.05) is 18.7 Å². The van der Waals surface area contributed by atoms with Crippen molar-refractivity contribution in [1.82, 2.24) is 4.90 Å². The largest absolute Gasteiger partial charge is 0.456 e. The monoisotopic (exact) mass is 340 g/mol. The molecule has 1 amide bonds. The molecule has 25 heavy (non-hydrogen) atoms. The maximum atomic E-state index is 13.6. The lowest BCUT2D eigenvalue weighted by molar-refractivity contribution is 0.0474. The molecule has 0 aliphatic carbocycles. The molecule has 1 saturated heterocycles. The minimum atomic E-state index is -0.643. The Morgan fingerprint density at radius 1 is 1.28 bits per heavy atom. The maximum absolute atomic E-state index is 13.6. The molecule has 1 aliphatic rings. The van der Waals surface area contributed by atoms with Crippen molar-refractivity contribution in [2.75, 3.05) is 13.1 Å². The minimum absolute atomic E-state index is 0.126. The Bertz CT molecular complexity index is 814. The molecular formula is C19H17FN2O3. The second kappa shape index (κ2) is 7.32. The summed E-state index contributed by atoms with van der Waals surface area (Å²) in [5, 5.41) is 18.7. The lowest BCUT2D eigenvalue weighted by Crippen LogP contribution is -2.42. The van der Waals surface area contributed by atoms with E-state index < -0.39 is 11.9 Å². The Labute approximate surface area is 144 Å². The van der Waals surface area contributed by atoms with E-state index in [2.05, 4.69) is 0 Å². The van der Waals surface area contributed by atoms with Gasteiger partial charge in [0.2, 0.25) is 0 Å². The molecule has 0 radical (unpaired) electrons. The van der Waals surface area contributed by atoms with E-state index in [-0.39, 0.29) is 17.2 Å². The Hall–Kier alpha value is -2.91. The number of nitrogens with zero attached hydrogens (tertiary/aromatic N) is 2. The first-order chi connectivity index (χ1) is 12.1. The maximum Gasteiger partial charge on any atom is 0.253 e. The van der Waals surface area contributed by atoms with Crippen molar-refractivity contribution in [2.45, 2.75) is 18.9 Å². The molecule has 0 bridgehead atoms. The highest BCUT2D eigenvalue weighted by molar-refractivity contribution is 5.94. The van der Waals surface area contributed by atoms with Crippen molar-refractivity contribution in [3.05, 3.63) is 59.4 Å². The molecule has 0 aromatic heterocycles. The van der Waals surface area contributed by atoms with Crippen molar-refractivity contribution in [2.24, 2.45) is 0 Å². The number of hydrogen-bond acceptors (Lipinski definition) is 4. The minimum Gasteiger partial charge on any atom is -0.456 e. The first-order valence-corrected chi connectivity index (χ1v) is 8.02. The van der Waals surface area contributed by atoms with Gasteiger partial charge in [-0.25, -0.2) is 4.39 Å². The van der Waals surface area contributed by atoms with Crippen LogP contribution in [0.1, 0.15) is 28.8 Å². The van der Waals surface area contributed by atoms with Crippen LogP contribution in [0, 0.1) is 17.1 Å². The molecule has 1 atom stereocenters. The molecule has 0 saturated carbocycles. The first-order valence-electron chi connectivity index (χ1n) is 8.02. The van der Waals surface area contributed by atoms with Gasteiger partial charge in [-0.2, -0.15) is 5.26 Å². The summed E-state index contributed by atoms with van der Waals surface area (Å²) >= 11 is 0. The highest BCUT2D eigenvalue weighted by atomic mass is 19.1. The van der Waals surface area contributed by atoms with Crippen molar-refractivity contribution < 1.29 is 19.0 Å². The van der Waals surface area contributed by atoms with E-state index in [9.17, 15) is 14.3 Å². The van der Waals surface area contributed by atoms with Crippen LogP contribution in [0.15, 0.2) is 42.5 Å². The Morgan fingerprint density at radius 2 is 2.04 bits per heavy atom. The quantitative estimate of drug-likeness (QED) is 0.932. The van der Waals surface area contributed by atoms with Gasteiger partial charge in [0.05, 0.1) is 6.10 Å². The molecule has 5 nitrogen and oxygen atoms in total. The second-order valence-electron chi connectivity index (χ2n) is 5.90. The van der Waals surface area contributed by atoms with Gasteiger partial charge in [-0.1, -0.05) is 6.07 Å². The lowest BCUT2D eigenvalue weighted by Gasteiger charge is -2.30. The highest BCUT2D eigenvalue weighted by Gasteiger charge is 2.23. The molecule has 6 heteroatoms. The van der Waals surface area contributed by atoms with Gasteiger partial charge in [-0.15, -0.1) is 0 Å². The molecule has 128 valence electrons. The predicted molar refractivity (Wildman–Crippen MR) is 88.8 cm³/mol. The summed E-state index contributed by atoms with van der Waals surface area (Å²) in [6.07, 6.45) is 1.02. The number of halogens is 1. The summed E-state index contributed by atoms with van der Waals surface area (Å²) in [5.41, 5.74) is 0.325. The highest BCUT2D eigenvalue weighted by Crippen LogP contribution is 2.27. The number of β-amino-alcohol motifs (C(OH)–C–C–N with tert-alkyl or cyclic N) is 1. The average molecular weight is 340 g/mol. The third-order valence-corrected chi connectivity index (χ3v) is 4.10. The number of nitriles is 1. The van der Waals surface area contributed by atoms with Crippen LogP contribution in [0.4, 0.5) is 4.39 Å². The van der Waals surface area contributed by atoms with E-state index >= 15 is 0 Å². The number of likely N-dealkylation sites (tertiary alicyclic amines) is 1. The van der Waals surface area contributed by atoms with Gasteiger partial charge < -0.3 is 14.7 Å². The summed E-state index contributed by atoms with van der Waals surface area (Å²) in [6.45, 7) is 0.967. The SMILES string of the molecule is N#Cc1c(F)cccc1Oc1ccc(C(=O)N2CCC[C@@H](O)C2)cc1. The van der Waals surface area contributed by atoms with Crippen LogP contribution in [0.2, 0.25) is 0 Å². The van der Waals surface area contributed by atoms with Gasteiger partial charge in [0.15, 0.2) is 0 Å². The summed E-state index contributed by atoms with van der Waals surface area (Å²) in [4.78, 5) is 14.1. The topological polar surface area (TPSA) is 73.6 Å². The van der Waals surface area contributed by atoms with Crippen LogP contribution in [0.25, 0.3) is 0 Å². The Morgan fingerprint density at radius 3 is 2.72 bits per heavy atom. The lowest BCUT2D eigenvalue weighted by atomic mass is 10.1. The predicted octanol–water partition coefficient (Wildman–Crippen LogP) is 3.09. The molecule has 3 rings (SSSR count). The van der Waals surface area contributed by atoms with Crippen LogP contribution >= 0.6 is 0 Å². The molecule has 0 unspecified atom stereocenters. The van der Waals surface area contributed by atoms with E-state index in [1.54, 1.807) is 35.2 Å². The van der Waals surface area contributed by atoms with Crippen LogP contribution in [-0.2, 0) is 0 Å². The van der Waals surface area contributed by atoms with Crippen LogP contribution in [0.3, 0.4) is 0 Å². The molecule has 1 aliphatic heterocycles. The molecule has 1 fully saturated rings. The van der Waals surface area contributed by atoms with E-state index in [1.807, 2.05) is 0 Å². The molecule has 0 spiro atoms. The average Bonchev–Trinajstić information content (AvgIpc) is 2.62. The zero-order chi connectivity index (χ0) is 17.8. The number of carbonyl (C=O) groups excluding carboxylic acids is 1. The zero-order valence-corrected chi connectivity index (χ0v) is 13.5. The normalized spacial score (nSPS) is 17.0. The molecule has 2 aromatic carbocycles. The number of benzene rings is 2. The van der Waals surface area contributed by atoms with E-state index in [4.69, 9.17) is 10.00 Å². The number of amides is 1. The van der Waals surface area contributed by atoms with Gasteiger partial charge >= 0.3 is 0 Å². The number of piperidine rings is 1. The molecule has 1 heterocycles. The van der Waals surface area contributed by atoms with Crippen LogP contribution in [0.5, 0.6) is 11.5 Å². The molecule has 1 N–H and O–H groups in total. The fraction of sp³-hybridized carbons (Fsp3) is 0.263. The summed E-state index contributed by atoms with van der Waals surface area (Å²) in [6, 6.07) is 12.4. The van der Waals surface area contributed by atoms with Crippen LogP contribution < -0.4 is 4.74 Å². The third kappa shape index (κ3) is 3.78.